The molecule has 1 aromatic heterocycles. The first-order valence-electron chi connectivity index (χ1n) is 7.24. The Balaban J connectivity index is 1.90. The van der Waals surface area contributed by atoms with Crippen molar-refractivity contribution in [3.05, 3.63) is 59.5 Å². The van der Waals surface area contributed by atoms with E-state index in [0.717, 1.165) is 25.1 Å². The lowest BCUT2D eigenvalue weighted by molar-refractivity contribution is 0.390. The van der Waals surface area contributed by atoms with E-state index in [1.165, 1.54) is 11.6 Å². The molecule has 1 N–H and O–H groups in total. The third kappa shape index (κ3) is 3.05. The summed E-state index contributed by atoms with van der Waals surface area (Å²) in [7, 11) is 1.61. The maximum Gasteiger partial charge on any atom is 0.212 e. The Morgan fingerprint density at radius 2 is 2.10 bits per heavy atom. The molecule has 21 heavy (non-hydrogen) atoms. The van der Waals surface area contributed by atoms with Gasteiger partial charge in [-0.15, -0.1) is 0 Å². The summed E-state index contributed by atoms with van der Waals surface area (Å²) in [5, 5.41) is 3.41. The van der Waals surface area contributed by atoms with Gasteiger partial charge >= 0.3 is 0 Å². The Morgan fingerprint density at radius 3 is 2.81 bits per heavy atom. The van der Waals surface area contributed by atoms with Crippen LogP contribution in [0.15, 0.2) is 42.6 Å². The van der Waals surface area contributed by atoms with Gasteiger partial charge in [-0.3, -0.25) is 0 Å². The minimum absolute atomic E-state index is 0.176. The summed E-state index contributed by atoms with van der Waals surface area (Å²) in [5.41, 5.74) is 2.23. The lowest BCUT2D eigenvalue weighted by Crippen LogP contribution is -2.34. The average molecular weight is 286 g/mol. The fraction of sp³-hybridized carbons (Fsp3) is 0.353. The lowest BCUT2D eigenvalue weighted by Gasteiger charge is -2.32. The van der Waals surface area contributed by atoms with E-state index < -0.39 is 0 Å². The number of rotatable bonds is 3. The quantitative estimate of drug-likeness (QED) is 0.941. The van der Waals surface area contributed by atoms with Crippen LogP contribution in [0.25, 0.3) is 0 Å². The number of aromatic nitrogens is 1. The zero-order valence-electron chi connectivity index (χ0n) is 12.1. The molecular weight excluding hydrogens is 267 g/mol. The standard InChI is InChI=1S/C17H19FN2O/c1-21-17-6-5-13(10-20-17)15-7-8-19-11-16(15)12-3-2-4-14(18)9-12/h2-6,9-10,15-16,19H,7-8,11H2,1H3. The van der Waals surface area contributed by atoms with Crippen LogP contribution in [-0.4, -0.2) is 25.2 Å². The highest BCUT2D eigenvalue weighted by Gasteiger charge is 2.28. The van der Waals surface area contributed by atoms with Gasteiger partial charge in [-0.2, -0.15) is 0 Å². The fourth-order valence-corrected chi connectivity index (χ4v) is 3.08. The van der Waals surface area contributed by atoms with Crippen molar-refractivity contribution in [2.24, 2.45) is 0 Å². The first kappa shape index (κ1) is 14.0. The number of halogens is 1. The summed E-state index contributed by atoms with van der Waals surface area (Å²) >= 11 is 0. The molecule has 2 atom stereocenters. The van der Waals surface area contributed by atoms with Gasteiger partial charge in [0.1, 0.15) is 5.82 Å². The van der Waals surface area contributed by atoms with Crippen molar-refractivity contribution in [1.29, 1.82) is 0 Å². The summed E-state index contributed by atoms with van der Waals surface area (Å²) in [5.74, 6) is 1.07. The van der Waals surface area contributed by atoms with Crippen molar-refractivity contribution in [2.45, 2.75) is 18.3 Å². The van der Waals surface area contributed by atoms with Gasteiger partial charge in [0.05, 0.1) is 7.11 Å². The van der Waals surface area contributed by atoms with E-state index in [-0.39, 0.29) is 11.7 Å². The minimum Gasteiger partial charge on any atom is -0.481 e. The number of nitrogens with one attached hydrogen (secondary N) is 1. The molecule has 0 saturated carbocycles. The molecule has 0 aliphatic carbocycles. The van der Waals surface area contributed by atoms with Crippen LogP contribution in [0.1, 0.15) is 29.4 Å². The molecule has 1 aromatic carbocycles. The van der Waals surface area contributed by atoms with Crippen LogP contribution >= 0.6 is 0 Å². The maximum atomic E-state index is 13.5. The normalized spacial score (nSPS) is 22.0. The molecule has 1 fully saturated rings. The van der Waals surface area contributed by atoms with Gasteiger partial charge in [0.15, 0.2) is 0 Å². The van der Waals surface area contributed by atoms with Gasteiger partial charge in [0.25, 0.3) is 0 Å². The van der Waals surface area contributed by atoms with Crippen LogP contribution in [-0.2, 0) is 0 Å². The fourth-order valence-electron chi connectivity index (χ4n) is 3.08. The van der Waals surface area contributed by atoms with Crippen molar-refractivity contribution < 1.29 is 9.13 Å². The summed E-state index contributed by atoms with van der Waals surface area (Å²) < 4.78 is 18.6. The Hall–Kier alpha value is -1.94. The van der Waals surface area contributed by atoms with Crippen LogP contribution in [0.2, 0.25) is 0 Å². The van der Waals surface area contributed by atoms with Crippen LogP contribution in [0.3, 0.4) is 0 Å². The van der Waals surface area contributed by atoms with Crippen LogP contribution in [0.4, 0.5) is 4.39 Å². The van der Waals surface area contributed by atoms with Gasteiger partial charge in [0.2, 0.25) is 5.88 Å². The van der Waals surface area contributed by atoms with E-state index in [1.54, 1.807) is 19.2 Å². The number of hydrogen-bond donors (Lipinski definition) is 1. The van der Waals surface area contributed by atoms with Gasteiger partial charge in [-0.05, 0) is 42.1 Å². The molecule has 0 bridgehead atoms. The van der Waals surface area contributed by atoms with E-state index in [9.17, 15) is 4.39 Å². The van der Waals surface area contributed by atoms with Gasteiger partial charge in [-0.25, -0.2) is 9.37 Å². The lowest BCUT2D eigenvalue weighted by atomic mass is 9.78. The van der Waals surface area contributed by atoms with E-state index in [2.05, 4.69) is 16.4 Å². The Morgan fingerprint density at radius 1 is 1.19 bits per heavy atom. The highest BCUT2D eigenvalue weighted by atomic mass is 19.1. The zero-order valence-corrected chi connectivity index (χ0v) is 12.1. The van der Waals surface area contributed by atoms with E-state index in [1.807, 2.05) is 18.3 Å². The van der Waals surface area contributed by atoms with Crippen molar-refractivity contribution in [1.82, 2.24) is 10.3 Å². The second kappa shape index (κ2) is 6.22. The minimum atomic E-state index is -0.176. The topological polar surface area (TPSA) is 34.1 Å². The molecule has 0 amide bonds. The van der Waals surface area contributed by atoms with Gasteiger partial charge in [0, 0.05) is 24.7 Å². The van der Waals surface area contributed by atoms with Crippen molar-refractivity contribution in [3.63, 3.8) is 0 Å². The molecule has 3 rings (SSSR count). The SMILES string of the molecule is COc1ccc(C2CCNCC2c2cccc(F)c2)cn1. The molecule has 0 spiro atoms. The molecule has 110 valence electrons. The first-order chi connectivity index (χ1) is 10.3. The zero-order chi connectivity index (χ0) is 14.7. The van der Waals surface area contributed by atoms with E-state index in [4.69, 9.17) is 4.74 Å². The Kier molecular flexibility index (Phi) is 4.15. The summed E-state index contributed by atoms with van der Waals surface area (Å²) in [6.07, 6.45) is 2.90. The monoisotopic (exact) mass is 286 g/mol. The molecule has 2 unspecified atom stereocenters. The highest BCUT2D eigenvalue weighted by Crippen LogP contribution is 2.37. The van der Waals surface area contributed by atoms with E-state index >= 15 is 0 Å². The van der Waals surface area contributed by atoms with Gasteiger partial charge in [-0.1, -0.05) is 18.2 Å². The van der Waals surface area contributed by atoms with Crippen molar-refractivity contribution >= 4 is 0 Å². The second-order valence-corrected chi connectivity index (χ2v) is 5.39. The summed E-state index contributed by atoms with van der Waals surface area (Å²) in [6.45, 7) is 1.84. The van der Waals surface area contributed by atoms with Crippen LogP contribution in [0.5, 0.6) is 5.88 Å². The number of piperidine rings is 1. The molecule has 0 radical (unpaired) electrons. The number of nitrogens with zero attached hydrogens (tertiary/aromatic N) is 1. The molecule has 2 aromatic rings. The highest BCUT2D eigenvalue weighted by molar-refractivity contribution is 5.30. The average Bonchev–Trinajstić information content (AvgIpc) is 2.55. The predicted molar refractivity (Wildman–Crippen MR) is 80.2 cm³/mol. The van der Waals surface area contributed by atoms with Crippen molar-refractivity contribution in [2.75, 3.05) is 20.2 Å². The Labute approximate surface area is 124 Å². The molecule has 3 nitrogen and oxygen atoms in total. The smallest absolute Gasteiger partial charge is 0.212 e. The number of benzene rings is 1. The Bertz CT molecular complexity index is 600. The maximum absolute atomic E-state index is 13.5. The summed E-state index contributed by atoms with van der Waals surface area (Å²) in [4.78, 5) is 4.30. The first-order valence-corrected chi connectivity index (χ1v) is 7.24. The van der Waals surface area contributed by atoms with Crippen molar-refractivity contribution in [3.8, 4) is 5.88 Å². The van der Waals surface area contributed by atoms with Crippen LogP contribution < -0.4 is 10.1 Å². The molecular formula is C17H19FN2O. The van der Waals surface area contributed by atoms with E-state index in [0.29, 0.717) is 11.8 Å². The number of methoxy groups -OCH3 is 1. The number of ether oxygens (including phenoxy) is 1. The van der Waals surface area contributed by atoms with Gasteiger partial charge < -0.3 is 10.1 Å². The molecule has 1 aliphatic heterocycles. The summed E-state index contributed by atoms with van der Waals surface area (Å²) in [6, 6.07) is 10.9. The predicted octanol–water partition coefficient (Wildman–Crippen LogP) is 3.09. The number of hydrogen-bond acceptors (Lipinski definition) is 3. The molecule has 4 heteroatoms. The number of pyridine rings is 1. The largest absolute Gasteiger partial charge is 0.481 e. The third-order valence-electron chi connectivity index (χ3n) is 4.16. The molecule has 1 saturated heterocycles. The second-order valence-electron chi connectivity index (χ2n) is 5.39. The van der Waals surface area contributed by atoms with Crippen LogP contribution in [0, 0.1) is 5.82 Å². The third-order valence-corrected chi connectivity index (χ3v) is 4.16. The molecule has 2 heterocycles. The molecule has 1 aliphatic rings.